The third kappa shape index (κ3) is 2.65. The summed E-state index contributed by atoms with van der Waals surface area (Å²) in [6, 6.07) is 4.09. The van der Waals surface area contributed by atoms with Crippen LogP contribution in [-0.2, 0) is 6.42 Å². The van der Waals surface area contributed by atoms with E-state index in [4.69, 9.17) is 5.73 Å². The van der Waals surface area contributed by atoms with Gasteiger partial charge in [0.25, 0.3) is 0 Å². The molecule has 1 unspecified atom stereocenters. The van der Waals surface area contributed by atoms with Gasteiger partial charge in [-0.3, -0.25) is 0 Å². The Bertz CT molecular complexity index is 642. The van der Waals surface area contributed by atoms with E-state index in [0.29, 0.717) is 0 Å². The summed E-state index contributed by atoms with van der Waals surface area (Å²) in [5, 5.41) is 0. The van der Waals surface area contributed by atoms with Crippen LogP contribution in [0, 0.1) is 29.1 Å². The van der Waals surface area contributed by atoms with Crippen LogP contribution in [0.4, 0.5) is 22.0 Å². The first-order chi connectivity index (χ1) is 9.41. The Balaban J connectivity index is 2.31. The average Bonchev–Trinajstić information content (AvgIpc) is 2.41. The molecular weight excluding hydrogens is 277 g/mol. The molecule has 0 saturated carbocycles. The summed E-state index contributed by atoms with van der Waals surface area (Å²) >= 11 is 0. The molecule has 0 aliphatic rings. The highest BCUT2D eigenvalue weighted by Crippen LogP contribution is 2.24. The fourth-order valence-electron chi connectivity index (χ4n) is 1.88. The van der Waals surface area contributed by atoms with Gasteiger partial charge in [-0.05, 0) is 24.1 Å². The summed E-state index contributed by atoms with van der Waals surface area (Å²) in [7, 11) is 0. The van der Waals surface area contributed by atoms with Gasteiger partial charge in [0.1, 0.15) is 0 Å². The molecule has 0 fully saturated rings. The van der Waals surface area contributed by atoms with Gasteiger partial charge < -0.3 is 5.73 Å². The maximum Gasteiger partial charge on any atom is 0.194 e. The molecule has 2 N–H and O–H groups in total. The largest absolute Gasteiger partial charge is 0.324 e. The Morgan fingerprint density at radius 3 is 2.15 bits per heavy atom. The van der Waals surface area contributed by atoms with Crippen molar-refractivity contribution in [2.75, 3.05) is 0 Å². The molecule has 0 bridgehead atoms. The summed E-state index contributed by atoms with van der Waals surface area (Å²) in [6.07, 6.45) is -0.244. The Hall–Kier alpha value is -1.95. The number of benzene rings is 2. The Morgan fingerprint density at radius 2 is 1.45 bits per heavy atom. The van der Waals surface area contributed by atoms with E-state index in [2.05, 4.69) is 0 Å². The first-order valence-electron chi connectivity index (χ1n) is 5.73. The predicted molar refractivity (Wildman–Crippen MR) is 63.3 cm³/mol. The third-order valence-electron chi connectivity index (χ3n) is 2.94. The van der Waals surface area contributed by atoms with Crippen molar-refractivity contribution in [1.29, 1.82) is 0 Å². The lowest BCUT2D eigenvalue weighted by atomic mass is 9.98. The van der Waals surface area contributed by atoms with Crippen LogP contribution in [0.25, 0.3) is 0 Å². The second kappa shape index (κ2) is 5.58. The van der Waals surface area contributed by atoms with Gasteiger partial charge in [0.15, 0.2) is 29.1 Å². The molecule has 0 heterocycles. The molecule has 6 heteroatoms. The molecule has 1 nitrogen and oxygen atoms in total. The minimum Gasteiger partial charge on any atom is -0.324 e. The van der Waals surface area contributed by atoms with Gasteiger partial charge in [-0.15, -0.1) is 0 Å². The predicted octanol–water partition coefficient (Wildman–Crippen LogP) is 3.62. The van der Waals surface area contributed by atoms with Crippen LogP contribution >= 0.6 is 0 Å². The van der Waals surface area contributed by atoms with Crippen molar-refractivity contribution >= 4 is 0 Å². The van der Waals surface area contributed by atoms with Gasteiger partial charge in [-0.25, -0.2) is 22.0 Å². The Kier molecular flexibility index (Phi) is 4.04. The smallest absolute Gasteiger partial charge is 0.194 e. The second-order valence-corrected chi connectivity index (χ2v) is 4.29. The highest BCUT2D eigenvalue weighted by atomic mass is 19.2. The van der Waals surface area contributed by atoms with E-state index in [0.717, 1.165) is 18.2 Å². The fourth-order valence-corrected chi connectivity index (χ4v) is 1.88. The summed E-state index contributed by atoms with van der Waals surface area (Å²) in [6.45, 7) is 0. The SMILES string of the molecule is NC(Cc1cccc(F)c1F)c1ccc(F)c(F)c1F. The zero-order chi connectivity index (χ0) is 14.9. The quantitative estimate of drug-likeness (QED) is 0.677. The second-order valence-electron chi connectivity index (χ2n) is 4.29. The van der Waals surface area contributed by atoms with Gasteiger partial charge in [0.05, 0.1) is 0 Å². The number of rotatable bonds is 3. The van der Waals surface area contributed by atoms with E-state index in [1.54, 1.807) is 0 Å². The molecule has 20 heavy (non-hydrogen) atoms. The van der Waals surface area contributed by atoms with E-state index in [-0.39, 0.29) is 17.5 Å². The average molecular weight is 287 g/mol. The third-order valence-corrected chi connectivity index (χ3v) is 2.94. The topological polar surface area (TPSA) is 26.0 Å². The van der Waals surface area contributed by atoms with Crippen LogP contribution in [0.5, 0.6) is 0 Å². The van der Waals surface area contributed by atoms with Gasteiger partial charge in [-0.2, -0.15) is 0 Å². The molecule has 0 aromatic heterocycles. The lowest BCUT2D eigenvalue weighted by Crippen LogP contribution is -2.17. The molecule has 0 saturated heterocycles. The fraction of sp³-hybridized carbons (Fsp3) is 0.143. The van der Waals surface area contributed by atoms with Crippen molar-refractivity contribution in [2.24, 2.45) is 5.73 Å². The number of nitrogens with two attached hydrogens (primary N) is 1. The van der Waals surface area contributed by atoms with Crippen LogP contribution in [-0.4, -0.2) is 0 Å². The minimum absolute atomic E-state index is 0.0679. The van der Waals surface area contributed by atoms with Crippen molar-refractivity contribution in [3.8, 4) is 0 Å². The number of halogens is 5. The zero-order valence-corrected chi connectivity index (χ0v) is 10.1. The van der Waals surface area contributed by atoms with E-state index in [1.807, 2.05) is 0 Å². The normalized spacial score (nSPS) is 12.5. The summed E-state index contributed by atoms with van der Waals surface area (Å²) < 4.78 is 65.9. The molecular formula is C14H10F5N. The summed E-state index contributed by atoms with van der Waals surface area (Å²) in [5.41, 5.74) is 5.28. The standard InChI is InChI=1S/C14H10F5N/c15-9-3-1-2-7(12(9)17)6-11(20)8-4-5-10(16)14(19)13(8)18/h1-5,11H,6,20H2. The van der Waals surface area contributed by atoms with Crippen molar-refractivity contribution in [2.45, 2.75) is 12.5 Å². The van der Waals surface area contributed by atoms with Gasteiger partial charge in [0.2, 0.25) is 0 Å². The van der Waals surface area contributed by atoms with Gasteiger partial charge in [-0.1, -0.05) is 18.2 Å². The molecule has 0 aliphatic carbocycles. The monoisotopic (exact) mass is 287 g/mol. The van der Waals surface area contributed by atoms with Crippen LogP contribution in [0.2, 0.25) is 0 Å². The van der Waals surface area contributed by atoms with E-state index < -0.39 is 35.1 Å². The molecule has 0 aliphatic heterocycles. The van der Waals surface area contributed by atoms with E-state index >= 15 is 0 Å². The van der Waals surface area contributed by atoms with Crippen LogP contribution in [0.1, 0.15) is 17.2 Å². The van der Waals surface area contributed by atoms with E-state index in [9.17, 15) is 22.0 Å². The minimum atomic E-state index is -1.64. The lowest BCUT2D eigenvalue weighted by Gasteiger charge is -2.14. The van der Waals surface area contributed by atoms with Crippen LogP contribution in [0.3, 0.4) is 0 Å². The maximum absolute atomic E-state index is 13.5. The van der Waals surface area contributed by atoms with Crippen molar-refractivity contribution in [1.82, 2.24) is 0 Å². The molecule has 2 aromatic rings. The van der Waals surface area contributed by atoms with Gasteiger partial charge in [0, 0.05) is 11.6 Å². The Morgan fingerprint density at radius 1 is 0.800 bits per heavy atom. The Labute approximate surface area is 111 Å². The molecule has 1 atom stereocenters. The summed E-state index contributed by atoms with van der Waals surface area (Å²) in [5.74, 6) is -6.55. The molecule has 0 radical (unpaired) electrons. The van der Waals surface area contributed by atoms with E-state index in [1.165, 1.54) is 12.1 Å². The van der Waals surface area contributed by atoms with Crippen LogP contribution in [0.15, 0.2) is 30.3 Å². The van der Waals surface area contributed by atoms with Crippen molar-refractivity contribution in [3.63, 3.8) is 0 Å². The molecule has 2 rings (SSSR count). The first kappa shape index (κ1) is 14.5. The summed E-state index contributed by atoms with van der Waals surface area (Å²) in [4.78, 5) is 0. The molecule has 2 aromatic carbocycles. The zero-order valence-electron chi connectivity index (χ0n) is 10.1. The van der Waals surface area contributed by atoms with Crippen LogP contribution < -0.4 is 5.73 Å². The maximum atomic E-state index is 13.5. The lowest BCUT2D eigenvalue weighted by molar-refractivity contribution is 0.434. The highest BCUT2D eigenvalue weighted by molar-refractivity contribution is 5.27. The first-order valence-corrected chi connectivity index (χ1v) is 5.73. The highest BCUT2D eigenvalue weighted by Gasteiger charge is 2.20. The van der Waals surface area contributed by atoms with Gasteiger partial charge >= 0.3 is 0 Å². The number of hydrogen-bond donors (Lipinski definition) is 1. The molecule has 106 valence electrons. The molecule has 0 amide bonds. The van der Waals surface area contributed by atoms with Crippen molar-refractivity contribution in [3.05, 3.63) is 70.5 Å². The number of hydrogen-bond acceptors (Lipinski definition) is 1. The molecule has 0 spiro atoms. The van der Waals surface area contributed by atoms with Crippen molar-refractivity contribution < 1.29 is 22.0 Å².